The molecule has 3 nitrogen and oxygen atoms in total. The van der Waals surface area contributed by atoms with E-state index in [4.69, 9.17) is 9.47 Å². The molecule has 1 unspecified atom stereocenters. The van der Waals surface area contributed by atoms with Crippen molar-refractivity contribution in [1.82, 2.24) is 0 Å². The average molecular weight is 338 g/mol. The first kappa shape index (κ1) is 27.3. The SMILES string of the molecule is CCC(C)OC.CC[CH-]OC.COCC(C)C.[Y]. The van der Waals surface area contributed by atoms with Crippen molar-refractivity contribution in [3.05, 3.63) is 6.61 Å². The molecule has 0 spiro atoms. The third-order valence-electron chi connectivity index (χ3n) is 1.81. The smallest absolute Gasteiger partial charge is 0.0540 e. The van der Waals surface area contributed by atoms with E-state index in [0.29, 0.717) is 12.0 Å². The van der Waals surface area contributed by atoms with Crippen molar-refractivity contribution in [3.63, 3.8) is 0 Å². The monoisotopic (exact) mass is 338 g/mol. The molecule has 0 aliphatic carbocycles. The number of hydrogen-bond acceptors (Lipinski definition) is 3. The van der Waals surface area contributed by atoms with Crippen molar-refractivity contribution < 1.29 is 46.9 Å². The first-order valence-electron chi connectivity index (χ1n) is 6.36. The third kappa shape index (κ3) is 43.5. The van der Waals surface area contributed by atoms with Gasteiger partial charge in [0.25, 0.3) is 0 Å². The van der Waals surface area contributed by atoms with Crippen LogP contribution in [0.3, 0.4) is 0 Å². The van der Waals surface area contributed by atoms with Crippen LogP contribution in [0.25, 0.3) is 0 Å². The van der Waals surface area contributed by atoms with Crippen LogP contribution in [-0.4, -0.2) is 34.0 Å². The Morgan fingerprint density at radius 1 is 1.00 bits per heavy atom. The molecule has 1 radical (unpaired) electrons. The van der Waals surface area contributed by atoms with Crippen LogP contribution < -0.4 is 0 Å². The van der Waals surface area contributed by atoms with Gasteiger partial charge in [0.1, 0.15) is 0 Å². The Morgan fingerprint density at radius 3 is 1.50 bits per heavy atom. The van der Waals surface area contributed by atoms with Crippen LogP contribution in [0.1, 0.15) is 47.5 Å². The van der Waals surface area contributed by atoms with E-state index in [2.05, 4.69) is 32.4 Å². The van der Waals surface area contributed by atoms with Crippen LogP contribution in [0, 0.1) is 12.5 Å². The fraction of sp³-hybridized carbons (Fsp3) is 0.929. The summed E-state index contributed by atoms with van der Waals surface area (Å²) in [7, 11) is 5.11. The molecule has 0 saturated heterocycles. The molecule has 0 saturated carbocycles. The second-order valence-electron chi connectivity index (χ2n) is 4.11. The van der Waals surface area contributed by atoms with Crippen LogP contribution in [-0.2, 0) is 46.9 Å². The Kier molecular flexibility index (Phi) is 40.3. The van der Waals surface area contributed by atoms with E-state index in [9.17, 15) is 0 Å². The van der Waals surface area contributed by atoms with Crippen LogP contribution in [0.15, 0.2) is 0 Å². The second kappa shape index (κ2) is 26.5. The molecule has 0 aliphatic heterocycles. The maximum absolute atomic E-state index is 4.90. The van der Waals surface area contributed by atoms with Gasteiger partial charge in [0.05, 0.1) is 6.10 Å². The van der Waals surface area contributed by atoms with E-state index in [0.717, 1.165) is 19.4 Å². The molecule has 0 rings (SSSR count). The molecule has 18 heavy (non-hydrogen) atoms. The first-order chi connectivity index (χ1) is 7.99. The van der Waals surface area contributed by atoms with Crippen LogP contribution in [0.4, 0.5) is 0 Å². The summed E-state index contributed by atoms with van der Waals surface area (Å²) in [4.78, 5) is 0. The Labute approximate surface area is 140 Å². The summed E-state index contributed by atoms with van der Waals surface area (Å²) in [6.45, 7) is 13.1. The molecule has 0 N–H and O–H groups in total. The summed E-state index contributed by atoms with van der Waals surface area (Å²) < 4.78 is 14.3. The minimum atomic E-state index is 0. The maximum atomic E-state index is 4.90. The van der Waals surface area contributed by atoms with Crippen molar-refractivity contribution >= 4 is 0 Å². The predicted octanol–water partition coefficient (Wildman–Crippen LogP) is 3.92. The number of hydrogen-bond donors (Lipinski definition) is 0. The standard InChI is InChI=1S/2C5H12O.C4H9O.Y/c1-5(2)4-6-3;1-4-5(2)6-3;1-3-4-5-2;/h2*5H,4H2,1-3H3;4H,3H2,1-2H3;/q;;-1;. The summed E-state index contributed by atoms with van der Waals surface area (Å²) in [5.74, 6) is 0.676. The summed E-state index contributed by atoms with van der Waals surface area (Å²) >= 11 is 0. The van der Waals surface area contributed by atoms with Crippen LogP contribution in [0.5, 0.6) is 0 Å². The molecular weight excluding hydrogens is 305 g/mol. The number of ether oxygens (including phenoxy) is 3. The van der Waals surface area contributed by atoms with Gasteiger partial charge < -0.3 is 14.2 Å². The van der Waals surface area contributed by atoms with Crippen molar-refractivity contribution in [2.45, 2.75) is 53.6 Å². The van der Waals surface area contributed by atoms with Crippen molar-refractivity contribution in [2.24, 2.45) is 5.92 Å². The molecular formula is C14H33O3Y-. The molecule has 0 aromatic heterocycles. The molecule has 0 amide bonds. The number of rotatable bonds is 6. The van der Waals surface area contributed by atoms with E-state index >= 15 is 0 Å². The van der Waals surface area contributed by atoms with E-state index in [1.165, 1.54) is 0 Å². The fourth-order valence-corrected chi connectivity index (χ4v) is 0.667. The van der Waals surface area contributed by atoms with Gasteiger partial charge in [-0.25, -0.2) is 6.61 Å². The molecule has 4 heteroatoms. The predicted molar refractivity (Wildman–Crippen MR) is 75.1 cm³/mol. The molecule has 0 bridgehead atoms. The topological polar surface area (TPSA) is 27.7 Å². The van der Waals surface area contributed by atoms with E-state index < -0.39 is 0 Å². The van der Waals surface area contributed by atoms with Gasteiger partial charge in [0.15, 0.2) is 0 Å². The second-order valence-corrected chi connectivity index (χ2v) is 4.11. The van der Waals surface area contributed by atoms with Crippen LogP contribution in [0.2, 0.25) is 0 Å². The average Bonchev–Trinajstić information content (AvgIpc) is 2.30. The maximum Gasteiger partial charge on any atom is 0.0540 e. The minimum Gasteiger partial charge on any atom is -0.554 e. The normalized spacial score (nSPS) is 10.5. The molecule has 0 heterocycles. The summed E-state index contributed by atoms with van der Waals surface area (Å²) in [5.41, 5.74) is 0. The largest absolute Gasteiger partial charge is 0.554 e. The molecule has 0 aromatic rings. The summed E-state index contributed by atoms with van der Waals surface area (Å²) in [6.07, 6.45) is 2.54. The Balaban J connectivity index is -0.0000000799. The van der Waals surface area contributed by atoms with Gasteiger partial charge in [-0.1, -0.05) is 27.7 Å². The zero-order valence-electron chi connectivity index (χ0n) is 13.7. The van der Waals surface area contributed by atoms with Gasteiger partial charge >= 0.3 is 0 Å². The first-order valence-corrected chi connectivity index (χ1v) is 6.36. The molecule has 111 valence electrons. The molecule has 0 aliphatic rings. The van der Waals surface area contributed by atoms with Gasteiger partial charge in [-0.15, -0.1) is 0 Å². The quantitative estimate of drug-likeness (QED) is 0.687. The Bertz CT molecular complexity index is 105. The van der Waals surface area contributed by atoms with Gasteiger partial charge in [0.2, 0.25) is 0 Å². The third-order valence-corrected chi connectivity index (χ3v) is 1.81. The van der Waals surface area contributed by atoms with E-state index in [1.54, 1.807) is 27.9 Å². The molecule has 0 fully saturated rings. The minimum absolute atomic E-state index is 0. The van der Waals surface area contributed by atoms with Crippen molar-refractivity contribution in [2.75, 3.05) is 27.9 Å². The van der Waals surface area contributed by atoms with Crippen LogP contribution >= 0.6 is 0 Å². The Hall–Kier alpha value is 0.984. The Morgan fingerprint density at radius 2 is 1.50 bits per heavy atom. The van der Waals surface area contributed by atoms with Gasteiger partial charge in [-0.3, -0.25) is 0 Å². The molecule has 1 atom stereocenters. The van der Waals surface area contributed by atoms with Gasteiger partial charge in [-0.05, 0) is 26.4 Å². The zero-order chi connectivity index (χ0) is 14.1. The van der Waals surface area contributed by atoms with Gasteiger partial charge in [0, 0.05) is 53.5 Å². The van der Waals surface area contributed by atoms with E-state index in [1.807, 2.05) is 6.92 Å². The fourth-order valence-electron chi connectivity index (χ4n) is 0.667. The number of methoxy groups -OCH3 is 3. The van der Waals surface area contributed by atoms with Crippen molar-refractivity contribution in [3.8, 4) is 0 Å². The van der Waals surface area contributed by atoms with Crippen molar-refractivity contribution in [1.29, 1.82) is 0 Å². The van der Waals surface area contributed by atoms with Gasteiger partial charge in [-0.2, -0.15) is 6.42 Å². The van der Waals surface area contributed by atoms with E-state index in [-0.39, 0.29) is 32.7 Å². The zero-order valence-corrected chi connectivity index (χ0v) is 16.5. The summed E-state index contributed by atoms with van der Waals surface area (Å²) in [5, 5.41) is 0. The summed E-state index contributed by atoms with van der Waals surface area (Å²) in [6, 6.07) is 0. The molecule has 0 aromatic carbocycles.